The largest absolute Gasteiger partial charge is 0.363 e. The van der Waals surface area contributed by atoms with E-state index in [-0.39, 0.29) is 29.6 Å². The molecule has 1 aliphatic heterocycles. The lowest BCUT2D eigenvalue weighted by Gasteiger charge is -2.40. The van der Waals surface area contributed by atoms with Crippen LogP contribution in [0.2, 0.25) is 0 Å². The Bertz CT molecular complexity index is 280. The van der Waals surface area contributed by atoms with E-state index < -0.39 is 0 Å². The predicted molar refractivity (Wildman–Crippen MR) is 68.9 cm³/mol. The number of nitrogens with zero attached hydrogens (tertiary/aromatic N) is 1. The predicted octanol–water partition coefficient (Wildman–Crippen LogP) is 1.26. The molecule has 17 heavy (non-hydrogen) atoms. The van der Waals surface area contributed by atoms with Crippen LogP contribution >= 0.6 is 0 Å². The summed E-state index contributed by atoms with van der Waals surface area (Å²) in [5.74, 6) is 0.0561. The lowest BCUT2D eigenvalue weighted by Crippen LogP contribution is -2.60. The Balaban J connectivity index is 2.41. The number of hydrogen-bond acceptors (Lipinski definition) is 3. The van der Waals surface area contributed by atoms with Gasteiger partial charge in [0.15, 0.2) is 0 Å². The molecular weight excluding hydrogens is 216 g/mol. The summed E-state index contributed by atoms with van der Waals surface area (Å²) in [5, 5.41) is 3.15. The summed E-state index contributed by atoms with van der Waals surface area (Å²) in [6.45, 7) is 12.4. The van der Waals surface area contributed by atoms with E-state index in [1.165, 1.54) is 0 Å². The first-order valence-corrected chi connectivity index (χ1v) is 6.26. The molecule has 1 aliphatic rings. The van der Waals surface area contributed by atoms with Gasteiger partial charge in [-0.05, 0) is 19.3 Å². The zero-order valence-corrected chi connectivity index (χ0v) is 12.0. The number of likely N-dealkylation sites (N-methyl/N-ethyl adjacent to an activating group) is 1. The van der Waals surface area contributed by atoms with E-state index in [1.54, 1.807) is 4.90 Å². The second kappa shape index (κ2) is 4.94. The van der Waals surface area contributed by atoms with E-state index in [1.807, 2.05) is 14.0 Å². The maximum atomic E-state index is 12.0. The quantitative estimate of drug-likeness (QED) is 0.807. The Morgan fingerprint density at radius 3 is 2.35 bits per heavy atom. The second-order valence-corrected chi connectivity index (χ2v) is 6.39. The first-order chi connectivity index (χ1) is 7.66. The number of ether oxygens (including phenoxy) is 1. The number of carbonyl (C=O) groups excluding carboxylic acids is 1. The van der Waals surface area contributed by atoms with Crippen molar-refractivity contribution >= 4 is 5.91 Å². The minimum absolute atomic E-state index is 0.0561. The fraction of sp³-hybridized carbons (Fsp3) is 0.923. The molecule has 1 heterocycles. The lowest BCUT2D eigenvalue weighted by atomic mass is 9.87. The van der Waals surface area contributed by atoms with Crippen LogP contribution in [-0.2, 0) is 9.53 Å². The average Bonchev–Trinajstić information content (AvgIpc) is 2.19. The maximum Gasteiger partial charge on any atom is 0.248 e. The van der Waals surface area contributed by atoms with Crippen molar-refractivity contribution in [2.24, 2.45) is 5.41 Å². The third-order valence-electron chi connectivity index (χ3n) is 3.77. The molecule has 1 unspecified atom stereocenters. The first kappa shape index (κ1) is 14.5. The summed E-state index contributed by atoms with van der Waals surface area (Å²) in [6.07, 6.45) is 0. The van der Waals surface area contributed by atoms with Gasteiger partial charge in [0, 0.05) is 26.2 Å². The van der Waals surface area contributed by atoms with Gasteiger partial charge in [-0.2, -0.15) is 0 Å². The molecule has 0 aromatic rings. The fourth-order valence-electron chi connectivity index (χ4n) is 1.71. The second-order valence-electron chi connectivity index (χ2n) is 6.39. The summed E-state index contributed by atoms with van der Waals surface area (Å²) in [4.78, 5) is 13.8. The molecule has 1 atom stereocenters. The van der Waals surface area contributed by atoms with Gasteiger partial charge in [-0.1, -0.05) is 20.8 Å². The molecule has 0 bridgehead atoms. The summed E-state index contributed by atoms with van der Waals surface area (Å²) >= 11 is 0. The molecule has 1 N–H and O–H groups in total. The van der Waals surface area contributed by atoms with Gasteiger partial charge in [0.2, 0.25) is 5.91 Å². The van der Waals surface area contributed by atoms with E-state index in [0.29, 0.717) is 0 Å². The van der Waals surface area contributed by atoms with Crippen molar-refractivity contribution in [2.45, 2.75) is 46.3 Å². The summed E-state index contributed by atoms with van der Waals surface area (Å²) in [6, 6.07) is 0.200. The highest BCUT2D eigenvalue weighted by Gasteiger charge is 2.34. The fourth-order valence-corrected chi connectivity index (χ4v) is 1.71. The Labute approximate surface area is 105 Å². The van der Waals surface area contributed by atoms with E-state index in [0.717, 1.165) is 13.1 Å². The summed E-state index contributed by atoms with van der Waals surface area (Å²) in [7, 11) is 1.85. The normalized spacial score (nSPS) is 20.6. The topological polar surface area (TPSA) is 41.6 Å². The number of rotatable bonds is 4. The van der Waals surface area contributed by atoms with Gasteiger partial charge in [0.1, 0.15) is 6.61 Å². The molecule has 0 spiro atoms. The highest BCUT2D eigenvalue weighted by atomic mass is 16.5. The Morgan fingerprint density at radius 2 is 2.00 bits per heavy atom. The zero-order chi connectivity index (χ0) is 13.3. The van der Waals surface area contributed by atoms with Crippen LogP contribution < -0.4 is 5.32 Å². The average molecular weight is 242 g/mol. The van der Waals surface area contributed by atoms with Crippen molar-refractivity contribution in [3.8, 4) is 0 Å². The molecule has 1 amide bonds. The van der Waals surface area contributed by atoms with Crippen LogP contribution in [0.4, 0.5) is 0 Å². The van der Waals surface area contributed by atoms with Crippen molar-refractivity contribution in [1.82, 2.24) is 10.2 Å². The molecule has 100 valence electrons. The maximum absolute atomic E-state index is 12.0. The Hall–Kier alpha value is -0.610. The van der Waals surface area contributed by atoms with Crippen LogP contribution in [0.3, 0.4) is 0 Å². The van der Waals surface area contributed by atoms with E-state index in [4.69, 9.17) is 4.74 Å². The molecule has 0 radical (unpaired) electrons. The van der Waals surface area contributed by atoms with Crippen molar-refractivity contribution in [1.29, 1.82) is 0 Å². The third kappa shape index (κ3) is 3.68. The van der Waals surface area contributed by atoms with Crippen LogP contribution in [0.25, 0.3) is 0 Å². The monoisotopic (exact) mass is 242 g/mol. The Morgan fingerprint density at radius 1 is 1.47 bits per heavy atom. The standard InChI is InChI=1S/C13H26N2O2/c1-10(12(2,3)4)15(6)11(16)7-17-13(5)8-14-9-13/h10,14H,7-9H2,1-6H3. The summed E-state index contributed by atoms with van der Waals surface area (Å²) in [5.41, 5.74) is -0.0617. The molecule has 0 aromatic heterocycles. The van der Waals surface area contributed by atoms with E-state index in [9.17, 15) is 4.79 Å². The van der Waals surface area contributed by atoms with Crippen LogP contribution in [0, 0.1) is 5.41 Å². The SMILES string of the molecule is CC(N(C)C(=O)COC1(C)CNC1)C(C)(C)C. The smallest absolute Gasteiger partial charge is 0.248 e. The Kier molecular flexibility index (Phi) is 4.20. The minimum Gasteiger partial charge on any atom is -0.363 e. The van der Waals surface area contributed by atoms with Gasteiger partial charge in [0.25, 0.3) is 0 Å². The van der Waals surface area contributed by atoms with Gasteiger partial charge in [-0.15, -0.1) is 0 Å². The highest BCUT2D eigenvalue weighted by Crippen LogP contribution is 2.23. The van der Waals surface area contributed by atoms with Gasteiger partial charge in [0.05, 0.1) is 5.60 Å². The highest BCUT2D eigenvalue weighted by molar-refractivity contribution is 5.77. The molecule has 1 rings (SSSR count). The molecular formula is C13H26N2O2. The molecule has 1 saturated heterocycles. The van der Waals surface area contributed by atoms with Crippen LogP contribution in [0.15, 0.2) is 0 Å². The van der Waals surface area contributed by atoms with Crippen LogP contribution in [0.1, 0.15) is 34.6 Å². The first-order valence-electron chi connectivity index (χ1n) is 6.26. The van der Waals surface area contributed by atoms with Crippen molar-refractivity contribution in [3.05, 3.63) is 0 Å². The number of carbonyl (C=O) groups is 1. The molecule has 4 heteroatoms. The minimum atomic E-state index is -0.151. The van der Waals surface area contributed by atoms with Crippen molar-refractivity contribution < 1.29 is 9.53 Å². The molecule has 0 aromatic carbocycles. The molecule has 4 nitrogen and oxygen atoms in total. The van der Waals surface area contributed by atoms with Crippen molar-refractivity contribution in [2.75, 3.05) is 26.7 Å². The number of hydrogen-bond donors (Lipinski definition) is 1. The third-order valence-corrected chi connectivity index (χ3v) is 3.77. The van der Waals surface area contributed by atoms with Gasteiger partial charge in [-0.25, -0.2) is 0 Å². The van der Waals surface area contributed by atoms with Gasteiger partial charge < -0.3 is 15.0 Å². The van der Waals surface area contributed by atoms with Gasteiger partial charge >= 0.3 is 0 Å². The number of amides is 1. The molecule has 0 aliphatic carbocycles. The summed E-state index contributed by atoms with van der Waals surface area (Å²) < 4.78 is 5.66. The zero-order valence-electron chi connectivity index (χ0n) is 12.0. The van der Waals surface area contributed by atoms with Crippen LogP contribution in [0.5, 0.6) is 0 Å². The van der Waals surface area contributed by atoms with E-state index >= 15 is 0 Å². The molecule has 1 fully saturated rings. The van der Waals surface area contributed by atoms with Crippen LogP contribution in [-0.4, -0.2) is 49.2 Å². The molecule has 0 saturated carbocycles. The van der Waals surface area contributed by atoms with E-state index in [2.05, 4.69) is 33.0 Å². The number of nitrogens with one attached hydrogen (secondary N) is 1. The lowest BCUT2D eigenvalue weighted by molar-refractivity contribution is -0.148. The van der Waals surface area contributed by atoms with Gasteiger partial charge in [-0.3, -0.25) is 4.79 Å². The van der Waals surface area contributed by atoms with Crippen molar-refractivity contribution in [3.63, 3.8) is 0 Å².